The van der Waals surface area contributed by atoms with E-state index >= 15 is 4.39 Å². The van der Waals surface area contributed by atoms with Crippen molar-refractivity contribution in [2.75, 3.05) is 12.0 Å². The lowest BCUT2D eigenvalue weighted by Gasteiger charge is -2.26. The molecule has 3 aromatic carbocycles. The smallest absolute Gasteiger partial charge is 0.188 e. The van der Waals surface area contributed by atoms with Gasteiger partial charge < -0.3 is 25.1 Å². The first-order chi connectivity index (χ1) is 17.8. The number of hydrogen-bond acceptors (Lipinski definition) is 5. The molecule has 1 heterocycles. The SMILES string of the molecule is CCc1cc(OC(C)C)c(F)c(N(Cc2nc(-c3ccccc3OC)c[nH]2)c2ccc(C(=N)N)cc2)c1. The highest BCUT2D eigenvalue weighted by molar-refractivity contribution is 5.95. The van der Waals surface area contributed by atoms with Gasteiger partial charge in [-0.1, -0.05) is 19.1 Å². The normalized spacial score (nSPS) is 11.0. The molecule has 0 saturated carbocycles. The third-order valence-corrected chi connectivity index (χ3v) is 5.95. The molecule has 0 aliphatic carbocycles. The summed E-state index contributed by atoms with van der Waals surface area (Å²) >= 11 is 0. The third kappa shape index (κ3) is 5.74. The van der Waals surface area contributed by atoms with Crippen LogP contribution in [-0.2, 0) is 13.0 Å². The van der Waals surface area contributed by atoms with Crippen molar-refractivity contribution in [3.05, 3.63) is 89.6 Å². The van der Waals surface area contributed by atoms with Gasteiger partial charge in [0.1, 0.15) is 17.4 Å². The number of ether oxygens (including phenoxy) is 2. The molecule has 0 aliphatic rings. The number of halogens is 1. The van der Waals surface area contributed by atoms with E-state index in [1.807, 2.05) is 74.3 Å². The van der Waals surface area contributed by atoms with Crippen molar-refractivity contribution < 1.29 is 13.9 Å². The number of aromatic amines is 1. The maximum Gasteiger partial charge on any atom is 0.188 e. The first kappa shape index (κ1) is 25.8. The monoisotopic (exact) mass is 501 g/mol. The molecule has 0 radical (unpaired) electrons. The Labute approximate surface area is 216 Å². The summed E-state index contributed by atoms with van der Waals surface area (Å²) in [4.78, 5) is 9.86. The molecule has 0 unspecified atom stereocenters. The molecule has 0 bridgehead atoms. The van der Waals surface area contributed by atoms with Gasteiger partial charge in [0.2, 0.25) is 0 Å². The number of para-hydroxylation sites is 1. The number of methoxy groups -OCH3 is 1. The minimum Gasteiger partial charge on any atom is -0.496 e. The second-order valence-electron chi connectivity index (χ2n) is 8.93. The summed E-state index contributed by atoms with van der Waals surface area (Å²) in [6.07, 6.45) is 2.36. The van der Waals surface area contributed by atoms with Crippen LogP contribution in [0.2, 0.25) is 0 Å². The Kier molecular flexibility index (Phi) is 7.77. The summed E-state index contributed by atoms with van der Waals surface area (Å²) in [6.45, 7) is 6.03. The number of nitrogens with zero attached hydrogens (tertiary/aromatic N) is 2. The molecule has 0 aliphatic heterocycles. The highest BCUT2D eigenvalue weighted by Crippen LogP contribution is 2.36. The molecular weight excluding hydrogens is 469 g/mol. The molecule has 0 amide bonds. The molecule has 192 valence electrons. The Balaban J connectivity index is 1.79. The molecule has 1 aromatic heterocycles. The zero-order valence-electron chi connectivity index (χ0n) is 21.5. The quantitative estimate of drug-likeness (QED) is 0.178. The predicted octanol–water partition coefficient (Wildman–Crippen LogP) is 6.20. The molecule has 0 saturated heterocycles. The van der Waals surface area contributed by atoms with E-state index in [1.165, 1.54) is 0 Å². The molecule has 0 atom stereocenters. The van der Waals surface area contributed by atoms with Crippen LogP contribution < -0.4 is 20.1 Å². The Morgan fingerprint density at radius 1 is 1.11 bits per heavy atom. The number of rotatable bonds is 10. The lowest BCUT2D eigenvalue weighted by molar-refractivity contribution is 0.231. The number of aromatic nitrogens is 2. The first-order valence-electron chi connectivity index (χ1n) is 12.2. The summed E-state index contributed by atoms with van der Waals surface area (Å²) in [6, 6.07) is 18.4. The summed E-state index contributed by atoms with van der Waals surface area (Å²) in [7, 11) is 1.62. The molecule has 37 heavy (non-hydrogen) atoms. The second kappa shape index (κ2) is 11.2. The lowest BCUT2D eigenvalue weighted by atomic mass is 10.1. The molecule has 4 aromatic rings. The second-order valence-corrected chi connectivity index (χ2v) is 8.93. The summed E-state index contributed by atoms with van der Waals surface area (Å²) in [5, 5.41) is 7.72. The van der Waals surface area contributed by atoms with Gasteiger partial charge in [-0.3, -0.25) is 5.41 Å². The first-order valence-corrected chi connectivity index (χ1v) is 12.2. The van der Waals surface area contributed by atoms with Gasteiger partial charge in [0.15, 0.2) is 11.6 Å². The zero-order valence-corrected chi connectivity index (χ0v) is 21.5. The minimum absolute atomic E-state index is 0.0302. The fourth-order valence-corrected chi connectivity index (χ4v) is 4.10. The number of nitrogens with two attached hydrogens (primary N) is 1. The van der Waals surface area contributed by atoms with Crippen molar-refractivity contribution in [1.82, 2.24) is 9.97 Å². The van der Waals surface area contributed by atoms with Gasteiger partial charge >= 0.3 is 0 Å². The Bertz CT molecular complexity index is 1380. The number of hydrogen-bond donors (Lipinski definition) is 3. The largest absolute Gasteiger partial charge is 0.496 e. The molecule has 0 fully saturated rings. The van der Waals surface area contributed by atoms with Crippen molar-refractivity contribution in [2.45, 2.75) is 39.8 Å². The van der Waals surface area contributed by atoms with Crippen molar-refractivity contribution in [3.63, 3.8) is 0 Å². The number of amidine groups is 1. The minimum atomic E-state index is -0.446. The Morgan fingerprint density at radius 3 is 2.49 bits per heavy atom. The van der Waals surface area contributed by atoms with Crippen molar-refractivity contribution in [3.8, 4) is 22.8 Å². The number of nitrogen functional groups attached to an aromatic ring is 1. The van der Waals surface area contributed by atoms with E-state index in [2.05, 4.69) is 4.98 Å². The van der Waals surface area contributed by atoms with Crippen LogP contribution in [0.1, 0.15) is 37.7 Å². The summed E-state index contributed by atoms with van der Waals surface area (Å²) in [5.41, 5.74) is 9.88. The Hall–Kier alpha value is -4.33. The molecule has 4 N–H and O–H groups in total. The number of benzene rings is 3. The summed E-state index contributed by atoms with van der Waals surface area (Å²) in [5.74, 6) is 1.10. The van der Waals surface area contributed by atoms with Crippen LogP contribution in [0.3, 0.4) is 0 Å². The van der Waals surface area contributed by atoms with Gasteiger partial charge in [-0.15, -0.1) is 0 Å². The van der Waals surface area contributed by atoms with Crippen molar-refractivity contribution in [2.24, 2.45) is 5.73 Å². The highest BCUT2D eigenvalue weighted by Gasteiger charge is 2.22. The molecule has 0 spiro atoms. The van der Waals surface area contributed by atoms with Gasteiger partial charge in [-0.25, -0.2) is 9.37 Å². The highest BCUT2D eigenvalue weighted by atomic mass is 19.1. The lowest BCUT2D eigenvalue weighted by Crippen LogP contribution is -2.20. The van der Waals surface area contributed by atoms with Gasteiger partial charge in [0, 0.05) is 23.0 Å². The molecule has 8 heteroatoms. The molecular formula is C29H32FN5O2. The van der Waals surface area contributed by atoms with Crippen LogP contribution >= 0.6 is 0 Å². The average molecular weight is 502 g/mol. The van der Waals surface area contributed by atoms with E-state index in [1.54, 1.807) is 25.3 Å². The standard InChI is InChI=1S/C29H32FN5O2/c1-5-19-14-24(28(30)26(15-19)37-18(2)3)35(21-12-10-20(11-13-21)29(31)32)17-27-33-16-23(34-27)22-8-6-7-9-25(22)36-4/h6-16,18H,5,17H2,1-4H3,(H3,31,32)(H,33,34). The summed E-state index contributed by atoms with van der Waals surface area (Å²) < 4.78 is 27.2. The van der Waals surface area contributed by atoms with E-state index in [9.17, 15) is 0 Å². The van der Waals surface area contributed by atoms with E-state index in [-0.39, 0.29) is 24.2 Å². The van der Waals surface area contributed by atoms with Gasteiger partial charge in [-0.2, -0.15) is 0 Å². The fourth-order valence-electron chi connectivity index (χ4n) is 4.10. The predicted molar refractivity (Wildman–Crippen MR) is 145 cm³/mol. The van der Waals surface area contributed by atoms with Crippen LogP contribution in [0.25, 0.3) is 11.3 Å². The van der Waals surface area contributed by atoms with Crippen LogP contribution in [0, 0.1) is 11.2 Å². The number of imidazole rings is 1. The third-order valence-electron chi connectivity index (χ3n) is 5.95. The van der Waals surface area contributed by atoms with Gasteiger partial charge in [0.25, 0.3) is 0 Å². The van der Waals surface area contributed by atoms with E-state index < -0.39 is 5.82 Å². The van der Waals surface area contributed by atoms with Gasteiger partial charge in [-0.05, 0) is 74.4 Å². The topological polar surface area (TPSA) is 100 Å². The van der Waals surface area contributed by atoms with E-state index in [4.69, 9.17) is 25.6 Å². The van der Waals surface area contributed by atoms with Crippen LogP contribution in [0.4, 0.5) is 15.8 Å². The average Bonchev–Trinajstić information content (AvgIpc) is 3.37. The number of H-pyrrole nitrogens is 1. The zero-order chi connectivity index (χ0) is 26.5. The van der Waals surface area contributed by atoms with Crippen LogP contribution in [0.5, 0.6) is 11.5 Å². The number of aryl methyl sites for hydroxylation is 1. The van der Waals surface area contributed by atoms with Crippen LogP contribution in [-0.4, -0.2) is 29.0 Å². The number of nitrogens with one attached hydrogen (secondary N) is 2. The van der Waals surface area contributed by atoms with Crippen molar-refractivity contribution >= 4 is 17.2 Å². The Morgan fingerprint density at radius 2 is 1.84 bits per heavy atom. The van der Waals surface area contributed by atoms with Crippen molar-refractivity contribution in [1.29, 1.82) is 5.41 Å². The molecule has 7 nitrogen and oxygen atoms in total. The molecule has 4 rings (SSSR count). The van der Waals surface area contributed by atoms with E-state index in [0.29, 0.717) is 17.1 Å². The maximum absolute atomic E-state index is 15.9. The van der Waals surface area contributed by atoms with E-state index in [0.717, 1.165) is 34.7 Å². The fraction of sp³-hybridized carbons (Fsp3) is 0.241. The van der Waals surface area contributed by atoms with Gasteiger partial charge in [0.05, 0.1) is 31.1 Å². The maximum atomic E-state index is 15.9. The number of anilines is 2. The van der Waals surface area contributed by atoms with Crippen LogP contribution in [0.15, 0.2) is 66.9 Å².